The number of aryl methyl sites for hydroxylation is 1. The van der Waals surface area contributed by atoms with Crippen molar-refractivity contribution in [2.24, 2.45) is 0 Å². The highest BCUT2D eigenvalue weighted by molar-refractivity contribution is 5.58. The highest BCUT2D eigenvalue weighted by Crippen LogP contribution is 2.33. The van der Waals surface area contributed by atoms with Crippen LogP contribution in [0.3, 0.4) is 0 Å². The van der Waals surface area contributed by atoms with Crippen molar-refractivity contribution in [3.8, 4) is 0 Å². The van der Waals surface area contributed by atoms with E-state index in [1.54, 1.807) is 0 Å². The molecule has 0 saturated heterocycles. The number of benzene rings is 1. The second kappa shape index (κ2) is 6.07. The van der Waals surface area contributed by atoms with E-state index in [1.165, 1.54) is 17.3 Å². The van der Waals surface area contributed by atoms with E-state index < -0.39 is 4.92 Å². The molecule has 7 heteroatoms. The predicted octanol–water partition coefficient (Wildman–Crippen LogP) is 3.45. The number of anilines is 2. The molecule has 7 nitrogen and oxygen atoms in total. The van der Waals surface area contributed by atoms with Gasteiger partial charge in [-0.05, 0) is 43.2 Å². The first-order chi connectivity index (χ1) is 11.7. The van der Waals surface area contributed by atoms with Crippen LogP contribution in [-0.2, 0) is 6.42 Å². The van der Waals surface area contributed by atoms with Crippen molar-refractivity contribution in [2.75, 3.05) is 10.6 Å². The molecule has 0 radical (unpaired) electrons. The van der Waals surface area contributed by atoms with Crippen molar-refractivity contribution in [3.63, 3.8) is 0 Å². The molecule has 1 fully saturated rings. The molecular weight excluding hydrogens is 306 g/mol. The summed E-state index contributed by atoms with van der Waals surface area (Å²) in [5, 5.41) is 17.6. The average molecular weight is 325 g/mol. The monoisotopic (exact) mass is 325 g/mol. The van der Waals surface area contributed by atoms with E-state index in [1.807, 2.05) is 6.07 Å². The Balaban J connectivity index is 1.60. The molecule has 4 rings (SSSR count). The number of rotatable bonds is 5. The first kappa shape index (κ1) is 14.9. The minimum Gasteiger partial charge on any atom is -0.361 e. The summed E-state index contributed by atoms with van der Waals surface area (Å²) in [5.41, 5.74) is 2.54. The van der Waals surface area contributed by atoms with E-state index in [2.05, 4.69) is 38.8 Å². The maximum Gasteiger partial charge on any atom is 0.329 e. The van der Waals surface area contributed by atoms with Gasteiger partial charge in [-0.25, -0.2) is 4.98 Å². The Morgan fingerprint density at radius 1 is 1.17 bits per heavy atom. The van der Waals surface area contributed by atoms with Crippen LogP contribution in [0.5, 0.6) is 0 Å². The number of hydrogen-bond donors (Lipinski definition) is 2. The van der Waals surface area contributed by atoms with E-state index in [0.717, 1.165) is 32.1 Å². The van der Waals surface area contributed by atoms with Gasteiger partial charge in [-0.1, -0.05) is 24.3 Å². The van der Waals surface area contributed by atoms with Crippen LogP contribution >= 0.6 is 0 Å². The maximum absolute atomic E-state index is 11.2. The van der Waals surface area contributed by atoms with Gasteiger partial charge in [0.15, 0.2) is 0 Å². The largest absolute Gasteiger partial charge is 0.361 e. The van der Waals surface area contributed by atoms with Gasteiger partial charge in [0.25, 0.3) is 0 Å². The zero-order chi connectivity index (χ0) is 16.5. The number of aromatic nitrogens is 2. The van der Waals surface area contributed by atoms with Crippen LogP contribution in [0, 0.1) is 10.1 Å². The summed E-state index contributed by atoms with van der Waals surface area (Å²) < 4.78 is 0. The van der Waals surface area contributed by atoms with Gasteiger partial charge in [0.1, 0.15) is 6.20 Å². The molecule has 2 aromatic rings. The van der Waals surface area contributed by atoms with Gasteiger partial charge >= 0.3 is 5.69 Å². The normalized spacial score (nSPS) is 19.4. The average Bonchev–Trinajstić information content (AvgIpc) is 3.39. The summed E-state index contributed by atoms with van der Waals surface area (Å²) in [6.07, 6.45) is 6.54. The van der Waals surface area contributed by atoms with E-state index in [9.17, 15) is 10.1 Å². The van der Waals surface area contributed by atoms with Crippen LogP contribution in [0.1, 0.15) is 42.9 Å². The molecule has 24 heavy (non-hydrogen) atoms. The number of nitro groups is 1. The van der Waals surface area contributed by atoms with Crippen LogP contribution in [0.15, 0.2) is 30.5 Å². The Bertz CT molecular complexity index is 775. The van der Waals surface area contributed by atoms with Crippen molar-refractivity contribution in [2.45, 2.75) is 44.2 Å². The molecule has 0 unspecified atom stereocenters. The molecule has 2 N–H and O–H groups in total. The van der Waals surface area contributed by atoms with Gasteiger partial charge in [-0.15, -0.1) is 0 Å². The van der Waals surface area contributed by atoms with Gasteiger partial charge in [0, 0.05) is 6.04 Å². The van der Waals surface area contributed by atoms with Crippen molar-refractivity contribution in [1.29, 1.82) is 0 Å². The molecule has 2 aliphatic carbocycles. The molecule has 1 saturated carbocycles. The maximum atomic E-state index is 11.2. The second-order valence-electron chi connectivity index (χ2n) is 6.39. The van der Waals surface area contributed by atoms with Gasteiger partial charge < -0.3 is 10.6 Å². The van der Waals surface area contributed by atoms with Gasteiger partial charge in [0.05, 0.1) is 11.0 Å². The standard InChI is InChI=1S/C17H19N5O2/c23-22(24)15-10-18-17(21-16(15)19-12-8-9-12)20-14-7-3-5-11-4-1-2-6-13(11)14/h1-2,4,6,10,12,14H,3,5,7-9H2,(H2,18,19,20,21)/t14-/m1/s1. The van der Waals surface area contributed by atoms with Crippen LogP contribution in [-0.4, -0.2) is 20.9 Å². The number of nitrogens with zero attached hydrogens (tertiary/aromatic N) is 3. The third kappa shape index (κ3) is 3.02. The molecule has 1 atom stereocenters. The zero-order valence-electron chi connectivity index (χ0n) is 13.2. The molecule has 124 valence electrons. The molecule has 0 amide bonds. The van der Waals surface area contributed by atoms with Crippen molar-refractivity contribution in [3.05, 3.63) is 51.7 Å². The number of nitrogens with one attached hydrogen (secondary N) is 2. The minimum absolute atomic E-state index is 0.0727. The van der Waals surface area contributed by atoms with Crippen LogP contribution in [0.4, 0.5) is 17.5 Å². The highest BCUT2D eigenvalue weighted by atomic mass is 16.6. The molecule has 1 heterocycles. The summed E-state index contributed by atoms with van der Waals surface area (Å²) in [5.74, 6) is 0.745. The third-order valence-corrected chi connectivity index (χ3v) is 4.56. The zero-order valence-corrected chi connectivity index (χ0v) is 13.2. The Labute approximate surface area is 139 Å². The summed E-state index contributed by atoms with van der Waals surface area (Å²) in [7, 11) is 0. The smallest absolute Gasteiger partial charge is 0.329 e. The molecule has 1 aromatic heterocycles. The molecule has 0 bridgehead atoms. The lowest BCUT2D eigenvalue weighted by molar-refractivity contribution is -0.384. The molecule has 1 aromatic carbocycles. The van der Waals surface area contributed by atoms with E-state index in [-0.39, 0.29) is 11.7 Å². The molecule has 2 aliphatic rings. The van der Waals surface area contributed by atoms with E-state index in [0.29, 0.717) is 17.8 Å². The first-order valence-corrected chi connectivity index (χ1v) is 8.33. The molecule has 0 aliphatic heterocycles. The summed E-state index contributed by atoms with van der Waals surface area (Å²) in [6, 6.07) is 8.81. The fourth-order valence-electron chi connectivity index (χ4n) is 3.17. The van der Waals surface area contributed by atoms with Crippen LogP contribution < -0.4 is 10.6 Å². The van der Waals surface area contributed by atoms with Gasteiger partial charge in [0.2, 0.25) is 11.8 Å². The topological polar surface area (TPSA) is 93.0 Å². The lowest BCUT2D eigenvalue weighted by atomic mass is 9.88. The molecular formula is C17H19N5O2. The Morgan fingerprint density at radius 2 is 2.00 bits per heavy atom. The Morgan fingerprint density at radius 3 is 2.79 bits per heavy atom. The Hall–Kier alpha value is -2.70. The van der Waals surface area contributed by atoms with Gasteiger partial charge in [-0.2, -0.15) is 4.98 Å². The van der Waals surface area contributed by atoms with Crippen molar-refractivity contribution in [1.82, 2.24) is 9.97 Å². The Kier molecular flexibility index (Phi) is 3.76. The fraction of sp³-hybridized carbons (Fsp3) is 0.412. The fourth-order valence-corrected chi connectivity index (χ4v) is 3.17. The van der Waals surface area contributed by atoms with Crippen molar-refractivity contribution < 1.29 is 4.92 Å². The lowest BCUT2D eigenvalue weighted by Gasteiger charge is -2.26. The SMILES string of the molecule is O=[N+]([O-])c1cnc(N[C@@H]2CCCc3ccccc32)nc1NC1CC1. The summed E-state index contributed by atoms with van der Waals surface area (Å²) >= 11 is 0. The van der Waals surface area contributed by atoms with Crippen molar-refractivity contribution >= 4 is 17.5 Å². The number of fused-ring (bicyclic) bond motifs is 1. The first-order valence-electron chi connectivity index (χ1n) is 8.33. The van der Waals surface area contributed by atoms with E-state index in [4.69, 9.17) is 0 Å². The number of hydrogen-bond acceptors (Lipinski definition) is 6. The lowest BCUT2D eigenvalue weighted by Crippen LogP contribution is -2.19. The quantitative estimate of drug-likeness (QED) is 0.646. The van der Waals surface area contributed by atoms with Crippen LogP contribution in [0.25, 0.3) is 0 Å². The minimum atomic E-state index is -0.440. The second-order valence-corrected chi connectivity index (χ2v) is 6.39. The van der Waals surface area contributed by atoms with E-state index >= 15 is 0 Å². The summed E-state index contributed by atoms with van der Waals surface area (Å²) in [6.45, 7) is 0. The van der Waals surface area contributed by atoms with Crippen LogP contribution in [0.2, 0.25) is 0 Å². The predicted molar refractivity (Wildman–Crippen MR) is 91.1 cm³/mol. The highest BCUT2D eigenvalue weighted by Gasteiger charge is 2.27. The summed E-state index contributed by atoms with van der Waals surface area (Å²) in [4.78, 5) is 19.2. The molecule has 0 spiro atoms. The van der Waals surface area contributed by atoms with Gasteiger partial charge in [-0.3, -0.25) is 10.1 Å². The third-order valence-electron chi connectivity index (χ3n) is 4.56.